The van der Waals surface area contributed by atoms with E-state index in [-0.39, 0.29) is 17.1 Å². The Hall–Kier alpha value is -2.76. The fraction of sp³-hybridized carbons (Fsp3) is 0. The van der Waals surface area contributed by atoms with E-state index in [1.807, 2.05) is 0 Å². The van der Waals surface area contributed by atoms with Crippen LogP contribution in [0.3, 0.4) is 0 Å². The number of benzene rings is 2. The van der Waals surface area contributed by atoms with Gasteiger partial charge in [0.1, 0.15) is 17.5 Å². The lowest BCUT2D eigenvalue weighted by Gasteiger charge is -2.03. The van der Waals surface area contributed by atoms with Crippen LogP contribution in [-0.2, 0) is 0 Å². The lowest BCUT2D eigenvalue weighted by atomic mass is 10.0. The van der Waals surface area contributed by atoms with E-state index in [1.54, 1.807) is 6.07 Å². The molecule has 3 nitrogen and oxygen atoms in total. The predicted molar refractivity (Wildman–Crippen MR) is 71.7 cm³/mol. The third-order valence-corrected chi connectivity index (χ3v) is 2.96. The van der Waals surface area contributed by atoms with Crippen molar-refractivity contribution in [3.63, 3.8) is 0 Å². The van der Waals surface area contributed by atoms with Crippen LogP contribution < -0.4 is 5.73 Å². The van der Waals surface area contributed by atoms with Gasteiger partial charge in [-0.05, 0) is 29.8 Å². The molecule has 0 aliphatic rings. The monoisotopic (exact) mass is 290 g/mol. The number of anilines is 1. The van der Waals surface area contributed by atoms with E-state index in [4.69, 9.17) is 10.3 Å². The molecular weight excluding hydrogens is 281 g/mol. The summed E-state index contributed by atoms with van der Waals surface area (Å²) >= 11 is 0. The second-order valence-corrected chi connectivity index (χ2v) is 4.44. The molecule has 0 aliphatic heterocycles. The quantitative estimate of drug-likeness (QED) is 0.776. The fourth-order valence-electron chi connectivity index (χ4n) is 2.11. The van der Waals surface area contributed by atoms with E-state index in [2.05, 4.69) is 5.16 Å². The Labute approximate surface area is 117 Å². The van der Waals surface area contributed by atoms with Gasteiger partial charge in [-0.25, -0.2) is 13.2 Å². The van der Waals surface area contributed by atoms with Gasteiger partial charge in [-0.3, -0.25) is 0 Å². The summed E-state index contributed by atoms with van der Waals surface area (Å²) in [5.41, 5.74) is 6.56. The molecule has 6 heteroatoms. The third-order valence-electron chi connectivity index (χ3n) is 2.96. The Morgan fingerprint density at radius 2 is 1.52 bits per heavy atom. The summed E-state index contributed by atoms with van der Waals surface area (Å²) in [7, 11) is 0. The lowest BCUT2D eigenvalue weighted by molar-refractivity contribution is 0.435. The van der Waals surface area contributed by atoms with E-state index >= 15 is 0 Å². The molecule has 3 rings (SSSR count). The molecule has 0 bridgehead atoms. The largest absolute Gasteiger partial charge is 0.380 e. The van der Waals surface area contributed by atoms with Crippen LogP contribution in [0.2, 0.25) is 0 Å². The first-order valence-electron chi connectivity index (χ1n) is 6.02. The molecule has 0 radical (unpaired) electrons. The minimum absolute atomic E-state index is 0.0141. The van der Waals surface area contributed by atoms with Gasteiger partial charge in [-0.2, -0.15) is 0 Å². The van der Waals surface area contributed by atoms with Crippen molar-refractivity contribution in [2.75, 3.05) is 5.73 Å². The van der Waals surface area contributed by atoms with Gasteiger partial charge in [0.2, 0.25) is 0 Å². The normalized spacial score (nSPS) is 10.8. The first kappa shape index (κ1) is 13.2. The average Bonchev–Trinajstić information content (AvgIpc) is 2.79. The molecule has 2 N–H and O–H groups in total. The minimum Gasteiger partial charge on any atom is -0.380 e. The number of hydrogen-bond acceptors (Lipinski definition) is 3. The summed E-state index contributed by atoms with van der Waals surface area (Å²) in [6, 6.07) is 8.53. The molecule has 106 valence electrons. The van der Waals surface area contributed by atoms with Gasteiger partial charge in [0.25, 0.3) is 0 Å². The van der Waals surface area contributed by atoms with E-state index in [0.29, 0.717) is 11.1 Å². The summed E-state index contributed by atoms with van der Waals surface area (Å²) in [6.07, 6.45) is 0. The fourth-order valence-corrected chi connectivity index (χ4v) is 2.11. The Kier molecular flexibility index (Phi) is 3.13. The first-order chi connectivity index (χ1) is 10.0. The van der Waals surface area contributed by atoms with Crippen molar-refractivity contribution in [3.05, 3.63) is 59.9 Å². The van der Waals surface area contributed by atoms with E-state index in [9.17, 15) is 13.2 Å². The van der Waals surface area contributed by atoms with Crippen molar-refractivity contribution in [1.29, 1.82) is 0 Å². The zero-order valence-corrected chi connectivity index (χ0v) is 10.6. The molecule has 0 spiro atoms. The van der Waals surface area contributed by atoms with Gasteiger partial charge in [0.15, 0.2) is 11.6 Å². The molecule has 0 aliphatic carbocycles. The van der Waals surface area contributed by atoms with Gasteiger partial charge < -0.3 is 10.3 Å². The summed E-state index contributed by atoms with van der Waals surface area (Å²) in [4.78, 5) is 0. The van der Waals surface area contributed by atoms with E-state index in [0.717, 1.165) is 18.2 Å². The van der Waals surface area contributed by atoms with Crippen molar-refractivity contribution in [1.82, 2.24) is 5.16 Å². The predicted octanol–water partition coefficient (Wildman–Crippen LogP) is 4.01. The maximum atomic E-state index is 13.3. The molecule has 1 aromatic heterocycles. The topological polar surface area (TPSA) is 52.0 Å². The first-order valence-corrected chi connectivity index (χ1v) is 6.02. The number of rotatable bonds is 2. The van der Waals surface area contributed by atoms with Crippen LogP contribution in [0.25, 0.3) is 22.5 Å². The van der Waals surface area contributed by atoms with Gasteiger partial charge in [-0.1, -0.05) is 17.3 Å². The molecule has 0 saturated carbocycles. The summed E-state index contributed by atoms with van der Waals surface area (Å²) in [5.74, 6) is -1.89. The molecule has 21 heavy (non-hydrogen) atoms. The van der Waals surface area contributed by atoms with Crippen molar-refractivity contribution >= 4 is 5.82 Å². The zero-order valence-electron chi connectivity index (χ0n) is 10.6. The van der Waals surface area contributed by atoms with E-state index < -0.39 is 17.5 Å². The highest BCUT2D eigenvalue weighted by atomic mass is 19.1. The van der Waals surface area contributed by atoms with Crippen LogP contribution in [0, 0.1) is 17.5 Å². The Balaban J connectivity index is 2.21. The molecule has 3 aromatic rings. The van der Waals surface area contributed by atoms with Gasteiger partial charge in [0, 0.05) is 11.6 Å². The molecule has 0 fully saturated rings. The van der Waals surface area contributed by atoms with Gasteiger partial charge in [-0.15, -0.1) is 0 Å². The maximum Gasteiger partial charge on any atom is 0.177 e. The highest BCUT2D eigenvalue weighted by Crippen LogP contribution is 2.37. The second-order valence-electron chi connectivity index (χ2n) is 4.44. The van der Waals surface area contributed by atoms with Crippen LogP contribution in [0.1, 0.15) is 0 Å². The highest BCUT2D eigenvalue weighted by molar-refractivity contribution is 5.86. The van der Waals surface area contributed by atoms with Crippen LogP contribution in [0.15, 0.2) is 47.0 Å². The van der Waals surface area contributed by atoms with Crippen molar-refractivity contribution in [3.8, 4) is 22.5 Å². The second kappa shape index (κ2) is 4.97. The molecule has 1 heterocycles. The van der Waals surface area contributed by atoms with Crippen molar-refractivity contribution in [2.45, 2.75) is 0 Å². The Morgan fingerprint density at radius 3 is 2.19 bits per heavy atom. The lowest BCUT2D eigenvalue weighted by Crippen LogP contribution is -1.90. The third kappa shape index (κ3) is 2.47. The molecule has 0 saturated heterocycles. The number of halogens is 3. The van der Waals surface area contributed by atoms with Gasteiger partial charge in [0.05, 0.1) is 5.56 Å². The van der Waals surface area contributed by atoms with Crippen molar-refractivity contribution < 1.29 is 17.7 Å². The van der Waals surface area contributed by atoms with Crippen LogP contribution in [-0.4, -0.2) is 5.16 Å². The molecule has 0 atom stereocenters. The number of nitrogen functional groups attached to an aromatic ring is 1. The maximum absolute atomic E-state index is 13.3. The van der Waals surface area contributed by atoms with Crippen molar-refractivity contribution in [2.24, 2.45) is 0 Å². The molecular formula is C15H9F3N2O. The summed E-state index contributed by atoms with van der Waals surface area (Å²) < 4.78 is 45.0. The molecule has 0 amide bonds. The molecule has 0 unspecified atom stereocenters. The smallest absolute Gasteiger partial charge is 0.177 e. The highest BCUT2D eigenvalue weighted by Gasteiger charge is 2.19. The van der Waals surface area contributed by atoms with Gasteiger partial charge >= 0.3 is 0 Å². The van der Waals surface area contributed by atoms with Crippen LogP contribution in [0.4, 0.5) is 19.0 Å². The number of nitrogens with two attached hydrogens (primary N) is 1. The Bertz CT molecular complexity index is 794. The zero-order chi connectivity index (χ0) is 15.0. The number of aromatic nitrogens is 1. The van der Waals surface area contributed by atoms with E-state index in [1.165, 1.54) is 18.2 Å². The van der Waals surface area contributed by atoms with Crippen LogP contribution in [0.5, 0.6) is 0 Å². The summed E-state index contributed by atoms with van der Waals surface area (Å²) in [6.45, 7) is 0. The standard InChI is InChI=1S/C15H9F3N2O/c16-10-3-1-2-8(4-10)13-14(21-20-15(13)19)9-5-11(17)7-12(18)6-9/h1-7H,(H2,19,20). The number of nitrogens with zero attached hydrogens (tertiary/aromatic N) is 1. The SMILES string of the molecule is Nc1noc(-c2cc(F)cc(F)c2)c1-c1cccc(F)c1. The minimum atomic E-state index is -0.759. The van der Waals surface area contributed by atoms with Crippen LogP contribution >= 0.6 is 0 Å². The molecule has 2 aromatic carbocycles. The summed E-state index contributed by atoms with van der Waals surface area (Å²) in [5, 5.41) is 3.59. The Morgan fingerprint density at radius 1 is 0.857 bits per heavy atom. The average molecular weight is 290 g/mol. The number of hydrogen-bond donors (Lipinski definition) is 1.